The summed E-state index contributed by atoms with van der Waals surface area (Å²) in [7, 11) is 0. The van der Waals surface area contributed by atoms with E-state index in [1.165, 1.54) is 31.0 Å². The van der Waals surface area contributed by atoms with Gasteiger partial charge in [0, 0.05) is 22.8 Å². The number of fused-ring (bicyclic) bond motifs is 2. The molecule has 3 rings (SSSR count). The highest BCUT2D eigenvalue weighted by molar-refractivity contribution is 8.00. The minimum atomic E-state index is -0.383. The molecule has 0 amide bonds. The quantitative estimate of drug-likeness (QED) is 0.855. The predicted molar refractivity (Wildman–Crippen MR) is 77.0 cm³/mol. The van der Waals surface area contributed by atoms with Gasteiger partial charge in [0.2, 0.25) is 0 Å². The minimum Gasteiger partial charge on any atom is -0.299 e. The fraction of sp³-hybridized carbons (Fsp3) is 0.500. The smallest absolute Gasteiger partial charge is 0.140 e. The molecule has 2 fully saturated rings. The van der Waals surface area contributed by atoms with Crippen molar-refractivity contribution in [3.05, 3.63) is 35.1 Å². The first-order valence-corrected chi connectivity index (χ1v) is 7.96. The summed E-state index contributed by atoms with van der Waals surface area (Å²) in [5.74, 6) is -0.112. The van der Waals surface area contributed by atoms with E-state index in [1.807, 2.05) is 17.8 Å². The number of nitrogens with zero attached hydrogens (tertiary/aromatic N) is 1. The average Bonchev–Trinajstić information content (AvgIpc) is 2.77. The van der Waals surface area contributed by atoms with Gasteiger partial charge in [0.05, 0.1) is 11.6 Å². The molecule has 2 saturated heterocycles. The molecule has 2 atom stereocenters. The Labute approximate surface area is 122 Å². The molecule has 0 aromatic heterocycles. The Morgan fingerprint density at radius 2 is 2.05 bits per heavy atom. The van der Waals surface area contributed by atoms with Gasteiger partial charge in [-0.25, -0.2) is 4.39 Å². The van der Waals surface area contributed by atoms with Crippen molar-refractivity contribution >= 4 is 17.5 Å². The van der Waals surface area contributed by atoms with Crippen LogP contribution in [0.15, 0.2) is 18.2 Å². The first-order chi connectivity index (χ1) is 9.65. The van der Waals surface area contributed by atoms with E-state index >= 15 is 0 Å². The van der Waals surface area contributed by atoms with Crippen molar-refractivity contribution in [2.45, 2.75) is 42.6 Å². The van der Waals surface area contributed by atoms with Gasteiger partial charge < -0.3 is 0 Å². The van der Waals surface area contributed by atoms with Crippen LogP contribution in [0.4, 0.5) is 4.39 Å². The normalized spacial score (nSPS) is 28.1. The van der Waals surface area contributed by atoms with Gasteiger partial charge in [-0.3, -0.25) is 4.79 Å². The second-order valence-electron chi connectivity index (χ2n) is 5.68. The molecule has 2 aliphatic rings. The summed E-state index contributed by atoms with van der Waals surface area (Å²) in [4.78, 5) is 12.4. The lowest BCUT2D eigenvalue weighted by Gasteiger charge is -2.26. The standard InChI is InChI=1S/C16H16FNOS/c17-13-2-1-10(9-18)11(5-13)8-16(19)12-6-14-3-4-15(7-12)20-14/h1-2,5,12,14-15H,3-4,6-8H2. The fourth-order valence-corrected chi connectivity index (χ4v) is 5.05. The molecule has 2 bridgehead atoms. The molecule has 2 heterocycles. The molecule has 0 aliphatic carbocycles. The van der Waals surface area contributed by atoms with E-state index in [0.29, 0.717) is 21.6 Å². The van der Waals surface area contributed by atoms with Crippen LogP contribution in [-0.4, -0.2) is 16.3 Å². The topological polar surface area (TPSA) is 40.9 Å². The van der Waals surface area contributed by atoms with Crippen LogP contribution in [0.25, 0.3) is 0 Å². The van der Waals surface area contributed by atoms with Crippen LogP contribution in [-0.2, 0) is 11.2 Å². The zero-order valence-electron chi connectivity index (χ0n) is 11.1. The van der Waals surface area contributed by atoms with Gasteiger partial charge in [0.15, 0.2) is 0 Å². The number of hydrogen-bond acceptors (Lipinski definition) is 3. The summed E-state index contributed by atoms with van der Waals surface area (Å²) in [6.07, 6.45) is 4.55. The zero-order chi connectivity index (χ0) is 14.1. The van der Waals surface area contributed by atoms with E-state index in [4.69, 9.17) is 5.26 Å². The molecular weight excluding hydrogens is 273 g/mol. The number of carbonyl (C=O) groups excluding carboxylic acids is 1. The number of thioether (sulfide) groups is 1. The maximum Gasteiger partial charge on any atom is 0.140 e. The Morgan fingerprint density at radius 3 is 2.70 bits per heavy atom. The maximum absolute atomic E-state index is 13.3. The Hall–Kier alpha value is -1.34. The zero-order valence-corrected chi connectivity index (χ0v) is 12.0. The van der Waals surface area contributed by atoms with Gasteiger partial charge in [0.1, 0.15) is 11.6 Å². The molecule has 2 aliphatic heterocycles. The van der Waals surface area contributed by atoms with Gasteiger partial charge in [-0.2, -0.15) is 17.0 Å². The predicted octanol–water partition coefficient (Wildman–Crippen LogP) is 3.48. The molecule has 0 radical (unpaired) electrons. The van der Waals surface area contributed by atoms with Crippen LogP contribution in [0.2, 0.25) is 0 Å². The van der Waals surface area contributed by atoms with Gasteiger partial charge in [-0.1, -0.05) is 0 Å². The highest BCUT2D eigenvalue weighted by Gasteiger charge is 2.37. The summed E-state index contributed by atoms with van der Waals surface area (Å²) in [5, 5.41) is 10.3. The van der Waals surface area contributed by atoms with Gasteiger partial charge >= 0.3 is 0 Å². The summed E-state index contributed by atoms with van der Waals surface area (Å²) < 4.78 is 13.3. The van der Waals surface area contributed by atoms with E-state index in [9.17, 15) is 9.18 Å². The summed E-state index contributed by atoms with van der Waals surface area (Å²) >= 11 is 2.03. The van der Waals surface area contributed by atoms with E-state index in [1.54, 1.807) is 0 Å². The molecule has 4 heteroatoms. The van der Waals surface area contributed by atoms with Gasteiger partial charge in [-0.15, -0.1) is 0 Å². The lowest BCUT2D eigenvalue weighted by molar-refractivity contribution is -0.122. The number of halogens is 1. The van der Waals surface area contributed by atoms with Crippen LogP contribution in [0.1, 0.15) is 36.8 Å². The van der Waals surface area contributed by atoms with Crippen molar-refractivity contribution < 1.29 is 9.18 Å². The molecular formula is C16H16FNOS. The Morgan fingerprint density at radius 1 is 1.35 bits per heavy atom. The SMILES string of the molecule is N#Cc1ccc(F)cc1CC(=O)C1CC2CCC(C1)S2. The summed E-state index contributed by atoms with van der Waals surface area (Å²) in [6.45, 7) is 0. The lowest BCUT2D eigenvalue weighted by atomic mass is 9.89. The number of Topliss-reactive ketones (excluding diaryl/α,β-unsaturated/α-hetero) is 1. The second-order valence-corrected chi connectivity index (χ2v) is 7.29. The van der Waals surface area contributed by atoms with Crippen LogP contribution in [0, 0.1) is 23.1 Å². The summed E-state index contributed by atoms with van der Waals surface area (Å²) in [5.41, 5.74) is 0.941. The van der Waals surface area contributed by atoms with E-state index in [0.717, 1.165) is 12.8 Å². The van der Waals surface area contributed by atoms with Crippen molar-refractivity contribution in [1.29, 1.82) is 5.26 Å². The van der Waals surface area contributed by atoms with E-state index < -0.39 is 0 Å². The largest absolute Gasteiger partial charge is 0.299 e. The number of ketones is 1. The lowest BCUT2D eigenvalue weighted by Crippen LogP contribution is -2.26. The third kappa shape index (κ3) is 2.73. The van der Waals surface area contributed by atoms with Crippen molar-refractivity contribution in [3.8, 4) is 6.07 Å². The molecule has 1 aromatic rings. The molecule has 1 aromatic carbocycles. The van der Waals surface area contributed by atoms with Crippen LogP contribution in [0.3, 0.4) is 0 Å². The second kappa shape index (κ2) is 5.57. The molecule has 0 N–H and O–H groups in total. The van der Waals surface area contributed by atoms with Crippen LogP contribution in [0.5, 0.6) is 0 Å². The number of nitriles is 1. The fourth-order valence-electron chi connectivity index (χ4n) is 3.27. The first-order valence-electron chi connectivity index (χ1n) is 7.02. The number of rotatable bonds is 3. The Bertz CT molecular complexity index is 568. The number of carbonyl (C=O) groups is 1. The average molecular weight is 289 g/mol. The van der Waals surface area contributed by atoms with Crippen molar-refractivity contribution in [2.75, 3.05) is 0 Å². The maximum atomic E-state index is 13.3. The number of hydrogen-bond donors (Lipinski definition) is 0. The minimum absolute atomic E-state index is 0.101. The Balaban J connectivity index is 1.73. The van der Waals surface area contributed by atoms with Gasteiger partial charge in [-0.05, 0) is 49.4 Å². The third-order valence-corrected chi connectivity index (χ3v) is 5.92. The molecule has 0 saturated carbocycles. The van der Waals surface area contributed by atoms with Crippen molar-refractivity contribution in [3.63, 3.8) is 0 Å². The molecule has 0 spiro atoms. The van der Waals surface area contributed by atoms with E-state index in [2.05, 4.69) is 0 Å². The van der Waals surface area contributed by atoms with Crippen LogP contribution >= 0.6 is 11.8 Å². The van der Waals surface area contributed by atoms with Gasteiger partial charge in [0.25, 0.3) is 0 Å². The van der Waals surface area contributed by atoms with Crippen molar-refractivity contribution in [2.24, 2.45) is 5.92 Å². The molecule has 2 nitrogen and oxygen atoms in total. The Kier molecular flexibility index (Phi) is 3.80. The van der Waals surface area contributed by atoms with Crippen molar-refractivity contribution in [1.82, 2.24) is 0 Å². The number of benzene rings is 1. The third-order valence-electron chi connectivity index (χ3n) is 4.30. The summed E-state index contributed by atoms with van der Waals surface area (Å²) in [6, 6.07) is 6.08. The monoisotopic (exact) mass is 289 g/mol. The molecule has 2 unspecified atom stereocenters. The van der Waals surface area contributed by atoms with E-state index in [-0.39, 0.29) is 23.9 Å². The highest BCUT2D eigenvalue weighted by atomic mass is 32.2. The van der Waals surface area contributed by atoms with Crippen LogP contribution < -0.4 is 0 Å². The first kappa shape index (κ1) is 13.6. The highest BCUT2D eigenvalue weighted by Crippen LogP contribution is 2.46. The molecule has 20 heavy (non-hydrogen) atoms. The molecule has 104 valence electrons.